The Hall–Kier alpha value is 0.350. The molecule has 0 aliphatic heterocycles. The first-order chi connectivity index (χ1) is 5.33. The van der Waals surface area contributed by atoms with Gasteiger partial charge in [-0.25, -0.2) is 0 Å². The summed E-state index contributed by atoms with van der Waals surface area (Å²) >= 11 is 1.99. The number of hydrogen-bond acceptors (Lipinski definition) is 1. The predicted octanol–water partition coefficient (Wildman–Crippen LogP) is 3.71. The molecule has 1 aliphatic carbocycles. The molecule has 0 radical (unpaired) electrons. The Morgan fingerprint density at radius 1 is 1.36 bits per heavy atom. The van der Waals surface area contributed by atoms with Crippen molar-refractivity contribution < 1.29 is 0 Å². The van der Waals surface area contributed by atoms with Crippen LogP contribution in [-0.2, 0) is 0 Å². The summed E-state index contributed by atoms with van der Waals surface area (Å²) in [5.74, 6) is 1.36. The van der Waals surface area contributed by atoms with Crippen LogP contribution in [0.5, 0.6) is 0 Å². The molecule has 0 atom stereocenters. The van der Waals surface area contributed by atoms with Crippen LogP contribution >= 0.6 is 11.8 Å². The average molecular weight is 172 g/mol. The van der Waals surface area contributed by atoms with E-state index in [1.807, 2.05) is 11.8 Å². The zero-order valence-corrected chi connectivity index (χ0v) is 8.67. The Morgan fingerprint density at radius 3 is 2.45 bits per heavy atom. The Morgan fingerprint density at radius 2 is 2.09 bits per heavy atom. The van der Waals surface area contributed by atoms with Crippen molar-refractivity contribution in [1.29, 1.82) is 0 Å². The average Bonchev–Trinajstić information content (AvgIpc) is 1.95. The highest BCUT2D eigenvalue weighted by Crippen LogP contribution is 2.47. The van der Waals surface area contributed by atoms with E-state index in [-0.39, 0.29) is 0 Å². The number of thioether (sulfide) groups is 1. The first-order valence-corrected chi connectivity index (χ1v) is 6.21. The summed E-state index contributed by atoms with van der Waals surface area (Å²) in [6.45, 7) is 2.36. The fourth-order valence-electron chi connectivity index (χ4n) is 2.05. The van der Waals surface area contributed by atoms with E-state index in [4.69, 9.17) is 0 Å². The lowest BCUT2D eigenvalue weighted by Gasteiger charge is -2.41. The van der Waals surface area contributed by atoms with E-state index in [1.165, 1.54) is 44.3 Å². The third kappa shape index (κ3) is 2.40. The van der Waals surface area contributed by atoms with Gasteiger partial charge in [0, 0.05) is 0 Å². The van der Waals surface area contributed by atoms with Crippen LogP contribution in [0.3, 0.4) is 0 Å². The Bertz CT molecular complexity index is 99.9. The van der Waals surface area contributed by atoms with E-state index in [9.17, 15) is 0 Å². The smallest absolute Gasteiger partial charge is 0.00701 e. The molecule has 0 spiro atoms. The predicted molar refractivity (Wildman–Crippen MR) is 54.2 cm³/mol. The molecule has 1 saturated carbocycles. The van der Waals surface area contributed by atoms with Crippen LogP contribution in [0.4, 0.5) is 0 Å². The normalized spacial score (nSPS) is 21.3. The second-order valence-corrected chi connectivity index (χ2v) is 4.79. The number of hydrogen-bond donors (Lipinski definition) is 0. The molecule has 0 aromatic carbocycles. The zero-order valence-electron chi connectivity index (χ0n) is 7.86. The van der Waals surface area contributed by atoms with Crippen molar-refractivity contribution in [3.8, 4) is 0 Å². The van der Waals surface area contributed by atoms with Crippen LogP contribution < -0.4 is 0 Å². The number of rotatable bonds is 5. The molecule has 0 N–H and O–H groups in total. The van der Waals surface area contributed by atoms with Crippen LogP contribution in [0.2, 0.25) is 0 Å². The van der Waals surface area contributed by atoms with Gasteiger partial charge in [0.05, 0.1) is 0 Å². The molecular weight excluding hydrogens is 152 g/mol. The molecule has 1 rings (SSSR count). The molecule has 0 saturated heterocycles. The van der Waals surface area contributed by atoms with E-state index >= 15 is 0 Å². The van der Waals surface area contributed by atoms with Gasteiger partial charge in [0.15, 0.2) is 0 Å². The van der Waals surface area contributed by atoms with Gasteiger partial charge in [-0.05, 0) is 43.1 Å². The second-order valence-electron chi connectivity index (χ2n) is 3.80. The first kappa shape index (κ1) is 9.44. The highest BCUT2D eigenvalue weighted by Gasteiger charge is 2.33. The van der Waals surface area contributed by atoms with Crippen molar-refractivity contribution in [2.75, 3.05) is 12.0 Å². The molecular formula is C10H20S. The molecule has 0 nitrogen and oxygen atoms in total. The van der Waals surface area contributed by atoms with Gasteiger partial charge < -0.3 is 0 Å². The zero-order chi connectivity index (χ0) is 8.16. The third-order valence-corrected chi connectivity index (χ3v) is 3.92. The summed E-state index contributed by atoms with van der Waals surface area (Å²) in [4.78, 5) is 0. The summed E-state index contributed by atoms with van der Waals surface area (Å²) in [6.07, 6.45) is 11.1. The minimum atomic E-state index is 0.801. The second kappa shape index (κ2) is 4.39. The summed E-state index contributed by atoms with van der Waals surface area (Å²) in [6, 6.07) is 0. The van der Waals surface area contributed by atoms with Crippen molar-refractivity contribution >= 4 is 11.8 Å². The van der Waals surface area contributed by atoms with Crippen LogP contribution in [0.15, 0.2) is 0 Å². The van der Waals surface area contributed by atoms with E-state index < -0.39 is 0 Å². The van der Waals surface area contributed by atoms with Crippen molar-refractivity contribution in [3.05, 3.63) is 0 Å². The van der Waals surface area contributed by atoms with E-state index in [0.717, 1.165) is 5.41 Å². The van der Waals surface area contributed by atoms with Gasteiger partial charge in [-0.1, -0.05) is 19.8 Å². The van der Waals surface area contributed by atoms with Gasteiger partial charge in [0.25, 0.3) is 0 Å². The van der Waals surface area contributed by atoms with Crippen molar-refractivity contribution in [2.24, 2.45) is 5.41 Å². The van der Waals surface area contributed by atoms with E-state index in [1.54, 1.807) is 0 Å². The lowest BCUT2D eigenvalue weighted by molar-refractivity contribution is 0.113. The van der Waals surface area contributed by atoms with E-state index in [0.29, 0.717) is 0 Å². The SMILES string of the molecule is CCC1(CCCSC)CCC1. The summed E-state index contributed by atoms with van der Waals surface area (Å²) in [5, 5.41) is 0. The van der Waals surface area contributed by atoms with Gasteiger partial charge in [-0.3, -0.25) is 0 Å². The summed E-state index contributed by atoms with van der Waals surface area (Å²) in [5.41, 5.74) is 0.801. The molecule has 11 heavy (non-hydrogen) atoms. The van der Waals surface area contributed by atoms with Crippen LogP contribution in [0, 0.1) is 5.41 Å². The van der Waals surface area contributed by atoms with Gasteiger partial charge in [0.1, 0.15) is 0 Å². The molecule has 0 aromatic rings. The maximum absolute atomic E-state index is 2.36. The van der Waals surface area contributed by atoms with Gasteiger partial charge in [0.2, 0.25) is 0 Å². The highest BCUT2D eigenvalue weighted by molar-refractivity contribution is 7.98. The molecule has 0 heterocycles. The highest BCUT2D eigenvalue weighted by atomic mass is 32.2. The van der Waals surface area contributed by atoms with Gasteiger partial charge in [-0.15, -0.1) is 0 Å². The van der Waals surface area contributed by atoms with Crippen LogP contribution in [0.1, 0.15) is 45.4 Å². The molecule has 1 heteroatoms. The monoisotopic (exact) mass is 172 g/mol. The maximum atomic E-state index is 2.36. The molecule has 0 bridgehead atoms. The fraction of sp³-hybridized carbons (Fsp3) is 1.00. The maximum Gasteiger partial charge on any atom is -0.00701 e. The minimum Gasteiger partial charge on any atom is -0.165 e. The third-order valence-electron chi connectivity index (χ3n) is 3.22. The largest absolute Gasteiger partial charge is 0.165 e. The molecule has 66 valence electrons. The van der Waals surface area contributed by atoms with Crippen LogP contribution in [0.25, 0.3) is 0 Å². The topological polar surface area (TPSA) is 0 Å². The molecule has 0 unspecified atom stereocenters. The lowest BCUT2D eigenvalue weighted by atomic mass is 9.64. The molecule has 1 fully saturated rings. The van der Waals surface area contributed by atoms with Crippen molar-refractivity contribution in [3.63, 3.8) is 0 Å². The Labute approximate surface area is 75.1 Å². The summed E-state index contributed by atoms with van der Waals surface area (Å²) < 4.78 is 0. The van der Waals surface area contributed by atoms with Crippen LogP contribution in [-0.4, -0.2) is 12.0 Å². The molecule has 1 aliphatic rings. The quantitative estimate of drug-likeness (QED) is 0.570. The van der Waals surface area contributed by atoms with Gasteiger partial charge in [-0.2, -0.15) is 11.8 Å². The Balaban J connectivity index is 2.11. The fourth-order valence-corrected chi connectivity index (χ4v) is 2.48. The minimum absolute atomic E-state index is 0.801. The first-order valence-electron chi connectivity index (χ1n) is 4.82. The molecule has 0 aromatic heterocycles. The van der Waals surface area contributed by atoms with Crippen molar-refractivity contribution in [1.82, 2.24) is 0 Å². The van der Waals surface area contributed by atoms with Crippen molar-refractivity contribution in [2.45, 2.75) is 45.4 Å². The summed E-state index contributed by atoms with van der Waals surface area (Å²) in [7, 11) is 0. The van der Waals surface area contributed by atoms with Gasteiger partial charge >= 0.3 is 0 Å². The molecule has 0 amide bonds. The van der Waals surface area contributed by atoms with E-state index in [2.05, 4.69) is 13.2 Å². The Kier molecular flexibility index (Phi) is 3.77. The standard InChI is InChI=1S/C10H20S/c1-3-10(6-4-7-10)8-5-9-11-2/h3-9H2,1-2H3. The lowest BCUT2D eigenvalue weighted by Crippen LogP contribution is -2.28.